The molecule has 7 nitrogen and oxygen atoms in total. The Morgan fingerprint density at radius 2 is 2.19 bits per heavy atom. The van der Waals surface area contributed by atoms with Gasteiger partial charge in [-0.2, -0.15) is 8.42 Å². The third kappa shape index (κ3) is 6.65. The minimum atomic E-state index is -4.06. The number of anilines is 1. The second kappa shape index (κ2) is 8.14. The molecule has 1 amide bonds. The fourth-order valence-corrected chi connectivity index (χ4v) is 2.10. The van der Waals surface area contributed by atoms with Crippen LogP contribution in [-0.4, -0.2) is 32.8 Å². The first-order valence-corrected chi connectivity index (χ1v) is 7.62. The molecule has 0 aromatic heterocycles. The molecule has 0 heterocycles. The summed E-state index contributed by atoms with van der Waals surface area (Å²) in [6.45, 7) is 1.59. The van der Waals surface area contributed by atoms with E-state index in [1.807, 2.05) is 0 Å². The van der Waals surface area contributed by atoms with Gasteiger partial charge in [0.2, 0.25) is 0 Å². The van der Waals surface area contributed by atoms with Crippen LogP contribution in [0.2, 0.25) is 0 Å². The molecule has 0 radical (unpaired) electrons. The lowest BCUT2D eigenvalue weighted by Gasteiger charge is -2.09. The molecule has 3 N–H and O–H groups in total. The van der Waals surface area contributed by atoms with Gasteiger partial charge in [-0.25, -0.2) is 9.52 Å². The first kappa shape index (κ1) is 16.8. The molecule has 0 fully saturated rings. The minimum absolute atomic E-state index is 0.0389. The van der Waals surface area contributed by atoms with Crippen LogP contribution in [-0.2, 0) is 14.9 Å². The number of carbonyl (C=O) groups is 1. The summed E-state index contributed by atoms with van der Waals surface area (Å²) in [5.41, 5.74) is 0.836. The van der Waals surface area contributed by atoms with Crippen LogP contribution < -0.4 is 9.44 Å². The summed E-state index contributed by atoms with van der Waals surface area (Å²) in [5.74, 6) is 5.50. The number of hydrogen-bond donors (Lipinski definition) is 3. The largest absolute Gasteiger partial charge is 0.449 e. The molecule has 21 heavy (non-hydrogen) atoms. The molecule has 0 aliphatic rings. The summed E-state index contributed by atoms with van der Waals surface area (Å²) in [7, 11) is -4.06. The summed E-state index contributed by atoms with van der Waals surface area (Å²) >= 11 is 0. The lowest BCUT2D eigenvalue weighted by molar-refractivity contribution is 0.159. The van der Waals surface area contributed by atoms with Crippen LogP contribution in [0.1, 0.15) is 18.9 Å². The molecule has 0 saturated carbocycles. The van der Waals surface area contributed by atoms with Crippen molar-refractivity contribution in [3.63, 3.8) is 0 Å². The average molecular weight is 312 g/mol. The third-order valence-corrected chi connectivity index (χ3v) is 3.02. The highest BCUT2D eigenvalue weighted by molar-refractivity contribution is 7.91. The van der Waals surface area contributed by atoms with Gasteiger partial charge < -0.3 is 9.84 Å². The van der Waals surface area contributed by atoms with E-state index in [9.17, 15) is 13.2 Å². The maximum Gasteiger partial charge on any atom is 0.422 e. The molecule has 0 bridgehead atoms. The van der Waals surface area contributed by atoms with E-state index in [0.29, 0.717) is 12.0 Å². The van der Waals surface area contributed by atoms with Crippen molar-refractivity contribution < 1.29 is 23.1 Å². The molecular weight excluding hydrogens is 296 g/mol. The summed E-state index contributed by atoms with van der Waals surface area (Å²) in [4.78, 5) is 11.1. The van der Waals surface area contributed by atoms with Crippen molar-refractivity contribution in [1.82, 2.24) is 4.72 Å². The topological polar surface area (TPSA) is 105 Å². The fourth-order valence-electron chi connectivity index (χ4n) is 1.33. The third-order valence-electron chi connectivity index (χ3n) is 2.08. The number of aliphatic hydroxyl groups is 1. The van der Waals surface area contributed by atoms with Gasteiger partial charge in [0.1, 0.15) is 0 Å². The average Bonchev–Trinajstić information content (AvgIpc) is 2.38. The Labute approximate surface area is 123 Å². The molecule has 0 spiro atoms. The molecule has 0 saturated heterocycles. The first-order valence-electron chi connectivity index (χ1n) is 6.14. The van der Waals surface area contributed by atoms with Gasteiger partial charge in [-0.1, -0.05) is 17.9 Å². The normalized spacial score (nSPS) is 10.2. The first-order chi connectivity index (χ1) is 9.96. The number of amides is 1. The summed E-state index contributed by atoms with van der Waals surface area (Å²) < 4.78 is 31.7. The number of aliphatic hydroxyl groups excluding tert-OH is 1. The maximum absolute atomic E-state index is 11.7. The van der Waals surface area contributed by atoms with Crippen LogP contribution in [0.15, 0.2) is 24.3 Å². The Morgan fingerprint density at radius 1 is 1.43 bits per heavy atom. The van der Waals surface area contributed by atoms with E-state index in [-0.39, 0.29) is 18.9 Å². The second-order valence-electron chi connectivity index (χ2n) is 3.78. The molecule has 0 unspecified atom stereocenters. The van der Waals surface area contributed by atoms with Crippen molar-refractivity contribution >= 4 is 22.0 Å². The highest BCUT2D eigenvalue weighted by Gasteiger charge is 2.14. The summed E-state index contributed by atoms with van der Waals surface area (Å²) in [6, 6.07) is 6.34. The van der Waals surface area contributed by atoms with Crippen LogP contribution in [0.3, 0.4) is 0 Å². The van der Waals surface area contributed by atoms with Crippen LogP contribution >= 0.6 is 0 Å². The van der Waals surface area contributed by atoms with Crippen molar-refractivity contribution in [3.05, 3.63) is 29.8 Å². The van der Waals surface area contributed by atoms with Crippen LogP contribution in [0.4, 0.5) is 10.5 Å². The highest BCUT2D eigenvalue weighted by Crippen LogP contribution is 2.11. The lowest BCUT2D eigenvalue weighted by atomic mass is 10.2. The Morgan fingerprint density at radius 3 is 2.86 bits per heavy atom. The molecule has 0 aliphatic heterocycles. The molecule has 1 aromatic carbocycles. The number of ether oxygens (including phenoxy) is 1. The SMILES string of the molecule is CCOC(=O)NS(=O)(=O)Nc1cccc(C#CCCO)c1. The van der Waals surface area contributed by atoms with Gasteiger partial charge in [0.25, 0.3) is 0 Å². The van der Waals surface area contributed by atoms with E-state index in [1.54, 1.807) is 23.8 Å². The zero-order valence-electron chi connectivity index (χ0n) is 11.4. The highest BCUT2D eigenvalue weighted by atomic mass is 32.2. The van der Waals surface area contributed by atoms with Gasteiger partial charge >= 0.3 is 16.3 Å². The van der Waals surface area contributed by atoms with Gasteiger partial charge in [-0.15, -0.1) is 0 Å². The van der Waals surface area contributed by atoms with Gasteiger partial charge in [-0.05, 0) is 25.1 Å². The van der Waals surface area contributed by atoms with E-state index in [1.165, 1.54) is 12.1 Å². The second-order valence-corrected chi connectivity index (χ2v) is 5.20. The number of rotatable bonds is 5. The molecule has 0 atom stereocenters. The number of benzene rings is 1. The van der Waals surface area contributed by atoms with Crippen molar-refractivity contribution in [2.75, 3.05) is 17.9 Å². The monoisotopic (exact) mass is 312 g/mol. The van der Waals surface area contributed by atoms with Crippen molar-refractivity contribution in [2.24, 2.45) is 0 Å². The Hall–Kier alpha value is -2.24. The summed E-state index contributed by atoms with van der Waals surface area (Å²) in [6.07, 6.45) is -0.718. The van der Waals surface area contributed by atoms with E-state index in [0.717, 1.165) is 0 Å². The Kier molecular flexibility index (Phi) is 6.52. The van der Waals surface area contributed by atoms with E-state index in [4.69, 9.17) is 5.11 Å². The number of carbonyl (C=O) groups excluding carboxylic acids is 1. The summed E-state index contributed by atoms with van der Waals surface area (Å²) in [5, 5.41) is 8.63. The zero-order valence-corrected chi connectivity index (χ0v) is 12.2. The molecular formula is C13H16N2O5S. The Bertz CT molecular complexity index is 646. The van der Waals surface area contributed by atoms with Gasteiger partial charge in [0.15, 0.2) is 0 Å². The van der Waals surface area contributed by atoms with Crippen molar-refractivity contribution in [1.29, 1.82) is 0 Å². The smallest absolute Gasteiger partial charge is 0.422 e. The van der Waals surface area contributed by atoms with E-state index >= 15 is 0 Å². The quantitative estimate of drug-likeness (QED) is 0.698. The molecule has 1 rings (SSSR count). The van der Waals surface area contributed by atoms with E-state index in [2.05, 4.69) is 21.3 Å². The van der Waals surface area contributed by atoms with Gasteiger partial charge in [0.05, 0.1) is 18.9 Å². The number of nitrogens with one attached hydrogen (secondary N) is 2. The van der Waals surface area contributed by atoms with Crippen LogP contribution in [0.25, 0.3) is 0 Å². The maximum atomic E-state index is 11.7. The number of hydrogen-bond acceptors (Lipinski definition) is 5. The predicted molar refractivity (Wildman–Crippen MR) is 77.7 cm³/mol. The minimum Gasteiger partial charge on any atom is -0.449 e. The molecule has 1 aromatic rings. The molecule has 8 heteroatoms. The lowest BCUT2D eigenvalue weighted by Crippen LogP contribution is -2.35. The van der Waals surface area contributed by atoms with Crippen molar-refractivity contribution in [2.45, 2.75) is 13.3 Å². The molecule has 0 aliphatic carbocycles. The predicted octanol–water partition coefficient (Wildman–Crippen LogP) is 0.823. The standard InChI is InChI=1S/C13H16N2O5S/c1-2-20-13(17)15-21(18,19)14-12-8-5-7-11(10-12)6-3-4-9-16/h5,7-8,10,14,16H,2,4,9H2,1H3,(H,15,17). The van der Waals surface area contributed by atoms with E-state index < -0.39 is 16.3 Å². The Balaban J connectivity index is 2.77. The van der Waals surface area contributed by atoms with Gasteiger partial charge in [0, 0.05) is 12.0 Å². The van der Waals surface area contributed by atoms with Crippen LogP contribution in [0.5, 0.6) is 0 Å². The fraction of sp³-hybridized carbons (Fsp3) is 0.308. The zero-order chi connectivity index (χ0) is 15.7. The van der Waals surface area contributed by atoms with Gasteiger partial charge in [-0.3, -0.25) is 4.72 Å². The van der Waals surface area contributed by atoms with Crippen LogP contribution in [0, 0.1) is 11.8 Å². The van der Waals surface area contributed by atoms with Crippen molar-refractivity contribution in [3.8, 4) is 11.8 Å². The molecule has 114 valence electrons.